The summed E-state index contributed by atoms with van der Waals surface area (Å²) in [5.74, 6) is -0.0203. The lowest BCUT2D eigenvalue weighted by Gasteiger charge is -2.30. The van der Waals surface area contributed by atoms with Gasteiger partial charge < -0.3 is 19.5 Å². The quantitative estimate of drug-likeness (QED) is 0.467. The molecule has 8 heteroatoms. The van der Waals surface area contributed by atoms with Crippen molar-refractivity contribution < 1.29 is 14.3 Å². The highest BCUT2D eigenvalue weighted by atomic mass is 35.5. The Hall–Kier alpha value is -3.76. The number of benzene rings is 2. The zero-order chi connectivity index (χ0) is 24.9. The number of nitrogens with one attached hydrogen (secondary N) is 1. The lowest BCUT2D eigenvalue weighted by molar-refractivity contribution is 0.0600. The second kappa shape index (κ2) is 10.7. The predicted molar refractivity (Wildman–Crippen MR) is 136 cm³/mol. The SMILES string of the molecule is COC(=O)c1ccc(NC(=O)c2c(C)c(C#N)c(N3CCCCC3)n2Cc2ccccc2Cl)cc1. The second-order valence-electron chi connectivity index (χ2n) is 8.53. The molecule has 1 amide bonds. The van der Waals surface area contributed by atoms with Gasteiger partial charge in [0.05, 0.1) is 24.8 Å². The Balaban J connectivity index is 1.77. The van der Waals surface area contributed by atoms with Crippen LogP contribution in [0.4, 0.5) is 11.5 Å². The van der Waals surface area contributed by atoms with Gasteiger partial charge in [0.1, 0.15) is 17.6 Å². The molecular formula is C27H27ClN4O3. The summed E-state index contributed by atoms with van der Waals surface area (Å²) in [5.41, 5.74) is 3.34. The first-order chi connectivity index (χ1) is 16.9. The average molecular weight is 491 g/mol. The minimum Gasteiger partial charge on any atom is -0.465 e. The van der Waals surface area contributed by atoms with E-state index in [2.05, 4.69) is 16.3 Å². The molecule has 1 fully saturated rings. The Bertz CT molecular complexity index is 1280. The van der Waals surface area contributed by atoms with Crippen molar-refractivity contribution >= 4 is 35.0 Å². The van der Waals surface area contributed by atoms with Gasteiger partial charge in [0.25, 0.3) is 5.91 Å². The Morgan fingerprint density at radius 2 is 1.77 bits per heavy atom. The molecule has 180 valence electrons. The third-order valence-corrected chi connectivity index (χ3v) is 6.68. The highest BCUT2D eigenvalue weighted by molar-refractivity contribution is 6.31. The van der Waals surface area contributed by atoms with Crippen LogP contribution in [-0.2, 0) is 11.3 Å². The fraction of sp³-hybridized carbons (Fsp3) is 0.296. The zero-order valence-electron chi connectivity index (χ0n) is 19.8. The van der Waals surface area contributed by atoms with Crippen molar-refractivity contribution in [3.63, 3.8) is 0 Å². The van der Waals surface area contributed by atoms with Crippen LogP contribution in [0.15, 0.2) is 48.5 Å². The summed E-state index contributed by atoms with van der Waals surface area (Å²) in [6.07, 6.45) is 3.22. The number of aromatic nitrogens is 1. The van der Waals surface area contributed by atoms with Gasteiger partial charge in [0, 0.05) is 23.8 Å². The number of amides is 1. The van der Waals surface area contributed by atoms with E-state index in [-0.39, 0.29) is 5.91 Å². The molecule has 0 unspecified atom stereocenters. The maximum atomic E-state index is 13.6. The minimum absolute atomic E-state index is 0.333. The summed E-state index contributed by atoms with van der Waals surface area (Å²) in [4.78, 5) is 27.5. The molecule has 35 heavy (non-hydrogen) atoms. The molecule has 1 aromatic heterocycles. The van der Waals surface area contributed by atoms with Gasteiger partial charge in [-0.05, 0) is 67.6 Å². The van der Waals surface area contributed by atoms with Crippen LogP contribution in [-0.4, -0.2) is 36.6 Å². The van der Waals surface area contributed by atoms with Crippen LogP contribution in [0.2, 0.25) is 5.02 Å². The molecule has 0 atom stereocenters. The summed E-state index contributed by atoms with van der Waals surface area (Å²) in [7, 11) is 1.32. The predicted octanol–water partition coefficient (Wildman–Crippen LogP) is 5.40. The van der Waals surface area contributed by atoms with E-state index in [9.17, 15) is 14.9 Å². The van der Waals surface area contributed by atoms with Gasteiger partial charge in [-0.3, -0.25) is 4.79 Å². The fourth-order valence-corrected chi connectivity index (χ4v) is 4.73. The molecule has 4 rings (SSSR count). The maximum Gasteiger partial charge on any atom is 0.337 e. The second-order valence-corrected chi connectivity index (χ2v) is 8.94. The number of ether oxygens (including phenoxy) is 1. The number of hydrogen-bond donors (Lipinski definition) is 1. The largest absolute Gasteiger partial charge is 0.465 e. The van der Waals surface area contributed by atoms with Crippen molar-refractivity contribution in [2.45, 2.75) is 32.7 Å². The Labute approximate surface area is 209 Å². The van der Waals surface area contributed by atoms with E-state index in [4.69, 9.17) is 16.3 Å². The average Bonchev–Trinajstić information content (AvgIpc) is 3.16. The Kier molecular flexibility index (Phi) is 7.42. The molecule has 1 N–H and O–H groups in total. The highest BCUT2D eigenvalue weighted by Gasteiger charge is 2.29. The molecule has 0 saturated carbocycles. The van der Waals surface area contributed by atoms with Crippen molar-refractivity contribution in [2.24, 2.45) is 0 Å². The van der Waals surface area contributed by atoms with Gasteiger partial charge >= 0.3 is 5.97 Å². The normalized spacial score (nSPS) is 13.3. The van der Waals surface area contributed by atoms with Crippen molar-refractivity contribution in [2.75, 3.05) is 30.4 Å². The standard InChI is InChI=1S/C27H27ClN4O3/c1-18-22(16-29)26(31-14-6-3-7-15-31)32(17-20-8-4-5-9-23(20)28)24(18)25(33)30-21-12-10-19(11-13-21)27(34)35-2/h4-5,8-13H,3,6-7,14-15,17H2,1-2H3,(H,30,33). The van der Waals surface area contributed by atoms with Crippen LogP contribution in [0.1, 0.15) is 56.8 Å². The van der Waals surface area contributed by atoms with Crippen LogP contribution >= 0.6 is 11.6 Å². The summed E-state index contributed by atoms with van der Waals surface area (Å²) in [6.45, 7) is 3.83. The topological polar surface area (TPSA) is 87.4 Å². The van der Waals surface area contributed by atoms with Gasteiger partial charge in [-0.15, -0.1) is 0 Å². The van der Waals surface area contributed by atoms with E-state index in [0.29, 0.717) is 39.6 Å². The number of esters is 1. The minimum atomic E-state index is -0.447. The molecule has 0 radical (unpaired) electrons. The number of rotatable bonds is 6. The monoisotopic (exact) mass is 490 g/mol. The molecule has 2 aromatic carbocycles. The molecule has 2 heterocycles. The highest BCUT2D eigenvalue weighted by Crippen LogP contribution is 2.34. The van der Waals surface area contributed by atoms with Crippen LogP contribution in [0, 0.1) is 18.3 Å². The van der Waals surface area contributed by atoms with Crippen LogP contribution in [0.3, 0.4) is 0 Å². The van der Waals surface area contributed by atoms with Gasteiger partial charge in [0.2, 0.25) is 0 Å². The number of nitrogens with zero attached hydrogens (tertiary/aromatic N) is 3. The number of halogens is 1. The number of methoxy groups -OCH3 is 1. The van der Waals surface area contributed by atoms with Gasteiger partial charge in [-0.2, -0.15) is 5.26 Å². The fourth-order valence-electron chi connectivity index (χ4n) is 4.54. The molecule has 0 spiro atoms. The smallest absolute Gasteiger partial charge is 0.337 e. The van der Waals surface area contributed by atoms with E-state index in [1.165, 1.54) is 7.11 Å². The molecule has 3 aromatic rings. The number of nitriles is 1. The van der Waals surface area contributed by atoms with Crippen LogP contribution in [0.25, 0.3) is 0 Å². The van der Waals surface area contributed by atoms with Gasteiger partial charge in [-0.1, -0.05) is 29.8 Å². The number of carbonyl (C=O) groups is 2. The summed E-state index contributed by atoms with van der Waals surface area (Å²) in [6, 6.07) is 16.4. The van der Waals surface area contributed by atoms with Crippen molar-refractivity contribution in [3.05, 3.63) is 81.5 Å². The van der Waals surface area contributed by atoms with E-state index >= 15 is 0 Å². The summed E-state index contributed by atoms with van der Waals surface area (Å²) >= 11 is 6.48. The lowest BCUT2D eigenvalue weighted by Crippen LogP contribution is -2.32. The molecule has 1 saturated heterocycles. The van der Waals surface area contributed by atoms with E-state index < -0.39 is 5.97 Å². The third kappa shape index (κ3) is 5.03. The van der Waals surface area contributed by atoms with Crippen LogP contribution < -0.4 is 10.2 Å². The van der Waals surface area contributed by atoms with Crippen molar-refractivity contribution in [1.82, 2.24) is 4.57 Å². The number of piperidine rings is 1. The Morgan fingerprint density at radius 1 is 1.09 bits per heavy atom. The molecule has 1 aliphatic heterocycles. The first-order valence-corrected chi connectivity index (χ1v) is 11.9. The molecule has 7 nitrogen and oxygen atoms in total. The molecule has 1 aliphatic rings. The van der Waals surface area contributed by atoms with E-state index in [1.54, 1.807) is 24.3 Å². The van der Waals surface area contributed by atoms with E-state index in [1.807, 2.05) is 35.8 Å². The summed E-state index contributed by atoms with van der Waals surface area (Å²) < 4.78 is 6.65. The maximum absolute atomic E-state index is 13.6. The molecular weight excluding hydrogens is 464 g/mol. The van der Waals surface area contributed by atoms with Crippen molar-refractivity contribution in [1.29, 1.82) is 5.26 Å². The number of carbonyl (C=O) groups excluding carboxylic acids is 2. The number of hydrogen-bond acceptors (Lipinski definition) is 5. The van der Waals surface area contributed by atoms with Crippen LogP contribution in [0.5, 0.6) is 0 Å². The molecule has 0 aliphatic carbocycles. The third-order valence-electron chi connectivity index (χ3n) is 6.31. The molecule has 0 bridgehead atoms. The zero-order valence-corrected chi connectivity index (χ0v) is 20.6. The van der Waals surface area contributed by atoms with E-state index in [0.717, 1.165) is 43.7 Å². The Morgan fingerprint density at radius 3 is 2.40 bits per heavy atom. The summed E-state index contributed by atoms with van der Waals surface area (Å²) in [5, 5.41) is 13.6. The van der Waals surface area contributed by atoms with Gasteiger partial charge in [-0.25, -0.2) is 4.79 Å². The first-order valence-electron chi connectivity index (χ1n) is 11.6. The number of anilines is 2. The van der Waals surface area contributed by atoms with Gasteiger partial charge in [0.15, 0.2) is 0 Å². The van der Waals surface area contributed by atoms with Crippen molar-refractivity contribution in [3.8, 4) is 6.07 Å². The first kappa shape index (κ1) is 24.4. The lowest BCUT2D eigenvalue weighted by atomic mass is 10.1.